The number of nitrogens with zero attached hydrogens (tertiary/aromatic N) is 1. The van der Waals surface area contributed by atoms with E-state index < -0.39 is 8.03 Å². The Bertz CT molecular complexity index is 138. The Hall–Kier alpha value is -0.320. The van der Waals surface area contributed by atoms with Crippen LogP contribution < -0.4 is 0 Å². The Morgan fingerprint density at radius 2 is 2.33 bits per heavy atom. The van der Waals surface area contributed by atoms with Crippen LogP contribution in [0.5, 0.6) is 0 Å². The molecular weight excluding hydrogens is 137 g/mol. The third kappa shape index (κ3) is 5.55. The number of rotatable bonds is 3. The van der Waals surface area contributed by atoms with Gasteiger partial charge in [0.15, 0.2) is 0 Å². The van der Waals surface area contributed by atoms with Crippen molar-refractivity contribution in [3.8, 4) is 6.07 Å². The van der Waals surface area contributed by atoms with E-state index in [2.05, 4.69) is 0 Å². The number of hydrogen-bond donors (Lipinski definition) is 0. The molecule has 4 heteroatoms. The summed E-state index contributed by atoms with van der Waals surface area (Å²) >= 11 is 0. The maximum Gasteiger partial charge on any atom is 0.205 e. The molecule has 3 nitrogen and oxygen atoms in total. The van der Waals surface area contributed by atoms with Crippen molar-refractivity contribution < 1.29 is 9.09 Å². The molecule has 0 aliphatic carbocycles. The van der Waals surface area contributed by atoms with Gasteiger partial charge in [-0.1, -0.05) is 0 Å². The van der Waals surface area contributed by atoms with Crippen molar-refractivity contribution in [1.29, 1.82) is 5.26 Å². The number of hydrogen-bond acceptors (Lipinski definition) is 3. The molecule has 0 aliphatic rings. The molecule has 52 valence electrons. The van der Waals surface area contributed by atoms with Crippen LogP contribution in [-0.4, -0.2) is 12.3 Å². The minimum atomic E-state index is -2.05. The van der Waals surface area contributed by atoms with Gasteiger partial charge in [-0.3, -0.25) is 4.57 Å². The largest absolute Gasteiger partial charge is 0.327 e. The summed E-state index contributed by atoms with van der Waals surface area (Å²) in [7, 11) is -2.05. The highest BCUT2D eigenvalue weighted by molar-refractivity contribution is 7.39. The van der Waals surface area contributed by atoms with Crippen molar-refractivity contribution >= 4 is 8.03 Å². The zero-order valence-electron chi connectivity index (χ0n) is 5.55. The molecular formula is C5H10NO2P. The highest BCUT2D eigenvalue weighted by Crippen LogP contribution is 2.22. The Balaban J connectivity index is 3.42. The van der Waals surface area contributed by atoms with Gasteiger partial charge < -0.3 is 4.52 Å². The fourth-order valence-corrected chi connectivity index (χ4v) is 1.11. The van der Waals surface area contributed by atoms with Gasteiger partial charge in [-0.25, -0.2) is 0 Å². The van der Waals surface area contributed by atoms with Gasteiger partial charge in [0, 0.05) is 0 Å². The van der Waals surface area contributed by atoms with Gasteiger partial charge in [-0.05, 0) is 13.8 Å². The first-order valence-electron chi connectivity index (χ1n) is 2.73. The quantitative estimate of drug-likeness (QED) is 0.567. The highest BCUT2D eigenvalue weighted by Gasteiger charge is 1.99. The van der Waals surface area contributed by atoms with Crippen LogP contribution >= 0.6 is 8.03 Å². The van der Waals surface area contributed by atoms with Crippen LogP contribution in [0.15, 0.2) is 0 Å². The second-order valence-corrected chi connectivity index (χ2v) is 3.21. The van der Waals surface area contributed by atoms with Gasteiger partial charge in [0.1, 0.15) is 6.16 Å². The van der Waals surface area contributed by atoms with Crippen LogP contribution in [0, 0.1) is 11.3 Å². The first-order chi connectivity index (χ1) is 4.16. The maximum absolute atomic E-state index is 10.6. The minimum absolute atomic E-state index is 0.0306. The van der Waals surface area contributed by atoms with Crippen molar-refractivity contribution in [2.45, 2.75) is 20.0 Å². The zero-order chi connectivity index (χ0) is 7.28. The molecule has 0 heterocycles. The molecule has 0 spiro atoms. The van der Waals surface area contributed by atoms with E-state index in [1.165, 1.54) is 0 Å². The molecule has 0 aromatic rings. The molecule has 0 aromatic heterocycles. The molecule has 1 unspecified atom stereocenters. The molecule has 0 fully saturated rings. The van der Waals surface area contributed by atoms with Crippen molar-refractivity contribution in [3.63, 3.8) is 0 Å². The van der Waals surface area contributed by atoms with Crippen LogP contribution in [-0.2, 0) is 9.09 Å². The Labute approximate surface area is 55.5 Å². The van der Waals surface area contributed by atoms with Crippen molar-refractivity contribution in [2.75, 3.05) is 6.16 Å². The zero-order valence-corrected chi connectivity index (χ0v) is 6.55. The summed E-state index contributed by atoms with van der Waals surface area (Å²) in [5.41, 5.74) is 0. The average Bonchev–Trinajstić information content (AvgIpc) is 1.63. The third-order valence-electron chi connectivity index (χ3n) is 0.591. The van der Waals surface area contributed by atoms with Crippen LogP contribution in [0.3, 0.4) is 0 Å². The van der Waals surface area contributed by atoms with Gasteiger partial charge in [0.25, 0.3) is 0 Å². The topological polar surface area (TPSA) is 50.1 Å². The Morgan fingerprint density at radius 1 is 1.78 bits per heavy atom. The Morgan fingerprint density at radius 3 is 2.67 bits per heavy atom. The smallest absolute Gasteiger partial charge is 0.205 e. The first kappa shape index (κ1) is 8.68. The predicted molar refractivity (Wildman–Crippen MR) is 35.7 cm³/mol. The van der Waals surface area contributed by atoms with Crippen molar-refractivity contribution in [1.82, 2.24) is 0 Å². The number of nitriles is 1. The van der Waals surface area contributed by atoms with E-state index in [0.717, 1.165) is 0 Å². The summed E-state index contributed by atoms with van der Waals surface area (Å²) in [5, 5.41) is 8.05. The molecule has 1 atom stereocenters. The Kier molecular flexibility index (Phi) is 4.39. The predicted octanol–water partition coefficient (Wildman–Crippen LogP) is 1.41. The highest BCUT2D eigenvalue weighted by atomic mass is 31.1. The van der Waals surface area contributed by atoms with E-state index in [4.69, 9.17) is 9.79 Å². The summed E-state index contributed by atoms with van der Waals surface area (Å²) in [4.78, 5) is 0. The first-order valence-corrected chi connectivity index (χ1v) is 4.25. The second-order valence-electron chi connectivity index (χ2n) is 1.87. The molecule has 0 amide bonds. The van der Waals surface area contributed by atoms with E-state index in [1.54, 1.807) is 19.9 Å². The van der Waals surface area contributed by atoms with E-state index in [-0.39, 0.29) is 12.3 Å². The van der Waals surface area contributed by atoms with E-state index in [1.807, 2.05) is 0 Å². The summed E-state index contributed by atoms with van der Waals surface area (Å²) in [5.74, 6) is 0. The summed E-state index contributed by atoms with van der Waals surface area (Å²) in [6, 6.07) is 1.78. The fourth-order valence-electron chi connectivity index (χ4n) is 0.369. The van der Waals surface area contributed by atoms with Crippen LogP contribution in [0.4, 0.5) is 0 Å². The maximum atomic E-state index is 10.6. The average molecular weight is 147 g/mol. The normalized spacial score (nSPS) is 13.1. The minimum Gasteiger partial charge on any atom is -0.327 e. The van der Waals surface area contributed by atoms with Crippen LogP contribution in [0.1, 0.15) is 13.8 Å². The molecule has 0 saturated carbocycles. The lowest BCUT2D eigenvalue weighted by molar-refractivity contribution is 0.257. The van der Waals surface area contributed by atoms with Crippen molar-refractivity contribution in [2.24, 2.45) is 0 Å². The lowest BCUT2D eigenvalue weighted by atomic mass is 10.5. The molecule has 0 aromatic carbocycles. The van der Waals surface area contributed by atoms with Gasteiger partial charge >= 0.3 is 0 Å². The lowest BCUT2D eigenvalue weighted by Crippen LogP contribution is -1.94. The summed E-state index contributed by atoms with van der Waals surface area (Å²) in [6.07, 6.45) is -0.00668. The van der Waals surface area contributed by atoms with Crippen LogP contribution in [0.2, 0.25) is 0 Å². The molecule has 0 N–H and O–H groups in total. The fraction of sp³-hybridized carbons (Fsp3) is 0.800. The van der Waals surface area contributed by atoms with Crippen molar-refractivity contribution in [3.05, 3.63) is 0 Å². The molecule has 0 radical (unpaired) electrons. The summed E-state index contributed by atoms with van der Waals surface area (Å²) in [6.45, 7) is 3.58. The summed E-state index contributed by atoms with van der Waals surface area (Å²) < 4.78 is 15.4. The molecule has 0 aliphatic heterocycles. The monoisotopic (exact) mass is 147 g/mol. The molecule has 9 heavy (non-hydrogen) atoms. The SMILES string of the molecule is CC(C)O[PH](=O)CC#N. The van der Waals surface area contributed by atoms with Crippen LogP contribution in [0.25, 0.3) is 0 Å². The molecule has 0 saturated heterocycles. The van der Waals surface area contributed by atoms with E-state index in [9.17, 15) is 4.57 Å². The lowest BCUT2D eigenvalue weighted by Gasteiger charge is -2.02. The molecule has 0 bridgehead atoms. The standard InChI is InChI=1S/C5H10NO2P/c1-5(2)8-9(7)4-3-6/h5,9H,4H2,1-2H3. The van der Waals surface area contributed by atoms with Gasteiger partial charge in [-0.15, -0.1) is 0 Å². The van der Waals surface area contributed by atoms with E-state index in [0.29, 0.717) is 0 Å². The van der Waals surface area contributed by atoms with E-state index >= 15 is 0 Å². The van der Waals surface area contributed by atoms with Gasteiger partial charge in [0.05, 0.1) is 12.2 Å². The second kappa shape index (κ2) is 4.55. The van der Waals surface area contributed by atoms with Gasteiger partial charge in [0.2, 0.25) is 8.03 Å². The van der Waals surface area contributed by atoms with Gasteiger partial charge in [-0.2, -0.15) is 5.26 Å². The molecule has 0 rings (SSSR count). The third-order valence-corrected chi connectivity index (χ3v) is 1.77.